The summed E-state index contributed by atoms with van der Waals surface area (Å²) in [5.41, 5.74) is 11.3. The predicted octanol–water partition coefficient (Wildman–Crippen LogP) is 3.55. The summed E-state index contributed by atoms with van der Waals surface area (Å²) < 4.78 is 1.51. The van der Waals surface area contributed by atoms with Crippen molar-refractivity contribution in [2.24, 2.45) is 5.92 Å². The molecular formula is C34H40Cl2SZr-2. The maximum atomic E-state index is 3.53. The number of fused-ring (bicyclic) bond motifs is 3. The smallest absolute Gasteiger partial charge is 1.00 e. The van der Waals surface area contributed by atoms with Crippen LogP contribution in [0.1, 0.15) is 90.1 Å². The third-order valence-electron chi connectivity index (χ3n) is 6.29. The second-order valence-corrected chi connectivity index (χ2v) is 15.3. The van der Waals surface area contributed by atoms with Crippen LogP contribution in [0.5, 0.6) is 0 Å². The molecule has 1 unspecified atom stereocenters. The Morgan fingerprint density at radius 2 is 1.53 bits per heavy atom. The number of hydrogen-bond donors (Lipinski definition) is 0. The molecule has 4 heteroatoms. The molecule has 1 aromatic heterocycles. The van der Waals surface area contributed by atoms with Crippen molar-refractivity contribution in [2.75, 3.05) is 0 Å². The molecule has 0 fully saturated rings. The number of benzene rings is 2. The summed E-state index contributed by atoms with van der Waals surface area (Å²) in [6.07, 6.45) is 8.71. The van der Waals surface area contributed by atoms with Gasteiger partial charge in [-0.1, -0.05) is 101 Å². The Bertz CT molecular complexity index is 1200. The van der Waals surface area contributed by atoms with Crippen molar-refractivity contribution in [1.82, 2.24) is 0 Å². The fourth-order valence-electron chi connectivity index (χ4n) is 4.16. The van der Waals surface area contributed by atoms with Crippen LogP contribution in [0.4, 0.5) is 0 Å². The second kappa shape index (κ2) is 14.5. The molecule has 0 amide bonds. The minimum Gasteiger partial charge on any atom is -1.00 e. The first-order valence-corrected chi connectivity index (χ1v) is 15.0. The SMILES string of the molecule is CC(C)(C)c1c[c-]c2c(c1)-c1cc(C(C)(C)C)ccc1C2.CC1[C-]=C(c2ccsc2)C=C1.C[C](C)=[Zr+2].[Cl-].[Cl-]. The van der Waals surface area contributed by atoms with Crippen LogP contribution in [0.3, 0.4) is 0 Å². The number of rotatable bonds is 1. The van der Waals surface area contributed by atoms with E-state index in [-0.39, 0.29) is 35.6 Å². The molecule has 202 valence electrons. The van der Waals surface area contributed by atoms with Crippen molar-refractivity contribution in [1.29, 1.82) is 0 Å². The van der Waals surface area contributed by atoms with E-state index in [2.05, 4.69) is 134 Å². The van der Waals surface area contributed by atoms with Crippen molar-refractivity contribution in [3.63, 3.8) is 0 Å². The van der Waals surface area contributed by atoms with Gasteiger partial charge in [0.15, 0.2) is 0 Å². The molecule has 5 rings (SSSR count). The molecule has 0 nitrogen and oxygen atoms in total. The van der Waals surface area contributed by atoms with E-state index in [0.29, 0.717) is 5.92 Å². The summed E-state index contributed by atoms with van der Waals surface area (Å²) in [4.78, 5) is 0. The molecule has 2 aliphatic carbocycles. The third-order valence-corrected chi connectivity index (χ3v) is 6.98. The van der Waals surface area contributed by atoms with Crippen molar-refractivity contribution in [2.45, 2.75) is 79.6 Å². The fourth-order valence-corrected chi connectivity index (χ4v) is 4.82. The topological polar surface area (TPSA) is 0 Å². The summed E-state index contributed by atoms with van der Waals surface area (Å²) in [6, 6.07) is 17.2. The molecule has 0 saturated carbocycles. The molecule has 0 aliphatic heterocycles. The molecule has 2 aromatic carbocycles. The van der Waals surface area contributed by atoms with Crippen LogP contribution in [0.25, 0.3) is 16.7 Å². The van der Waals surface area contributed by atoms with Gasteiger partial charge in [0, 0.05) is 0 Å². The van der Waals surface area contributed by atoms with E-state index >= 15 is 0 Å². The van der Waals surface area contributed by atoms with Crippen molar-refractivity contribution >= 4 is 20.1 Å². The van der Waals surface area contributed by atoms with Gasteiger partial charge in [0.1, 0.15) is 0 Å². The monoisotopic (exact) mass is 640 g/mol. The van der Waals surface area contributed by atoms with Gasteiger partial charge < -0.3 is 24.8 Å². The standard InChI is InChI=1S/C21H25.C10H9S.C3H6.2ClH.Zr/c1-20(2,3)16-9-7-14-11-15-8-10-17(21(4,5)6)13-19(15)18(14)12-16;1-8-2-3-9(6-8)10-4-5-11-7-10;1-3-2;;;/h7,9-10,12-13H,11H2,1-6H3;2-5,7-8H,1H3;1-2H3;2*1H;/q2*-1;;;;+2/p-2. The molecule has 1 heterocycles. The zero-order chi connectivity index (χ0) is 26.7. The summed E-state index contributed by atoms with van der Waals surface area (Å²) in [6.45, 7) is 20.0. The Labute approximate surface area is 263 Å². The molecule has 3 aromatic rings. The third kappa shape index (κ3) is 9.55. The quantitative estimate of drug-likeness (QED) is 0.279. The van der Waals surface area contributed by atoms with E-state index in [1.54, 1.807) is 35.6 Å². The molecule has 0 N–H and O–H groups in total. The van der Waals surface area contributed by atoms with Crippen LogP contribution in [-0.4, -0.2) is 3.21 Å². The van der Waals surface area contributed by atoms with E-state index < -0.39 is 0 Å². The van der Waals surface area contributed by atoms with Gasteiger partial charge in [-0.15, -0.1) is 17.2 Å². The second-order valence-electron chi connectivity index (χ2n) is 12.0. The molecule has 0 bridgehead atoms. The van der Waals surface area contributed by atoms with Gasteiger partial charge in [-0.2, -0.15) is 58.4 Å². The Hall–Kier alpha value is -1.05. The van der Waals surface area contributed by atoms with Crippen LogP contribution < -0.4 is 24.8 Å². The Morgan fingerprint density at radius 1 is 0.921 bits per heavy atom. The number of thiophene rings is 1. The summed E-state index contributed by atoms with van der Waals surface area (Å²) >= 11 is 3.29. The predicted molar refractivity (Wildman–Crippen MR) is 157 cm³/mol. The van der Waals surface area contributed by atoms with Gasteiger partial charge in [0.2, 0.25) is 0 Å². The van der Waals surface area contributed by atoms with Gasteiger partial charge >= 0.3 is 41.3 Å². The fraction of sp³-hybridized carbons (Fsp3) is 0.382. The normalized spacial score (nSPS) is 14.9. The average Bonchev–Trinajstić information content (AvgIpc) is 3.51. The Balaban J connectivity index is 0.000000358. The number of halogens is 2. The molecule has 0 spiro atoms. The average molecular weight is 643 g/mol. The molecule has 2 aliphatic rings. The minimum atomic E-state index is 0. The van der Waals surface area contributed by atoms with Crippen LogP contribution in [0.15, 0.2) is 59.3 Å². The van der Waals surface area contributed by atoms with Crippen LogP contribution in [-0.2, 0) is 41.5 Å². The van der Waals surface area contributed by atoms with Crippen LogP contribution >= 0.6 is 11.3 Å². The molecule has 0 saturated heterocycles. The maximum absolute atomic E-state index is 3.53. The molecule has 0 radical (unpaired) electrons. The van der Waals surface area contributed by atoms with Crippen molar-refractivity contribution < 1.29 is 49.0 Å². The van der Waals surface area contributed by atoms with Gasteiger partial charge in [0.25, 0.3) is 0 Å². The van der Waals surface area contributed by atoms with E-state index in [1.165, 1.54) is 47.7 Å². The number of allylic oxidation sites excluding steroid dienone is 4. The van der Waals surface area contributed by atoms with Crippen LogP contribution in [0.2, 0.25) is 0 Å². The maximum Gasteiger partial charge on any atom is -1.00 e. The van der Waals surface area contributed by atoms with E-state index in [0.717, 1.165) is 6.42 Å². The van der Waals surface area contributed by atoms with E-state index in [9.17, 15) is 0 Å². The van der Waals surface area contributed by atoms with Crippen molar-refractivity contribution in [3.05, 3.63) is 99.3 Å². The Morgan fingerprint density at radius 3 is 2.03 bits per heavy atom. The zero-order valence-corrected chi connectivity index (χ0v) is 29.0. The van der Waals surface area contributed by atoms with Crippen LogP contribution in [0, 0.1) is 18.1 Å². The summed E-state index contributed by atoms with van der Waals surface area (Å²) in [5, 5.41) is 4.26. The number of hydrogen-bond acceptors (Lipinski definition) is 1. The zero-order valence-electron chi connectivity index (χ0n) is 24.2. The first kappa shape index (κ1) is 35.0. The van der Waals surface area contributed by atoms with Crippen molar-refractivity contribution in [3.8, 4) is 11.1 Å². The first-order valence-electron chi connectivity index (χ1n) is 12.8. The van der Waals surface area contributed by atoms with Gasteiger partial charge in [0.05, 0.1) is 0 Å². The van der Waals surface area contributed by atoms with E-state index in [1.807, 2.05) is 0 Å². The first-order chi connectivity index (χ1) is 16.8. The molecule has 38 heavy (non-hydrogen) atoms. The van der Waals surface area contributed by atoms with Gasteiger partial charge in [-0.05, 0) is 22.8 Å². The minimum absolute atomic E-state index is 0. The van der Waals surface area contributed by atoms with E-state index in [4.69, 9.17) is 0 Å². The molecule has 1 atom stereocenters. The molecular weight excluding hydrogens is 603 g/mol. The summed E-state index contributed by atoms with van der Waals surface area (Å²) in [5.74, 6) is 0.491. The summed E-state index contributed by atoms with van der Waals surface area (Å²) in [7, 11) is 0. The van der Waals surface area contributed by atoms with Gasteiger partial charge in [-0.25, -0.2) is 0 Å². The Kier molecular flexibility index (Phi) is 13.4. The largest absolute Gasteiger partial charge is 1.00 e. The van der Waals surface area contributed by atoms with Gasteiger partial charge in [-0.3, -0.25) is 0 Å².